The highest BCUT2D eigenvalue weighted by Crippen LogP contribution is 2.29. The van der Waals surface area contributed by atoms with Crippen LogP contribution in [0.4, 0.5) is 0 Å². The third-order valence-electron chi connectivity index (χ3n) is 4.45. The molecule has 1 saturated carbocycles. The summed E-state index contributed by atoms with van der Waals surface area (Å²) in [7, 11) is 0. The average molecular weight is 325 g/mol. The second-order valence-electron chi connectivity index (χ2n) is 6.11. The molecule has 2 atom stereocenters. The van der Waals surface area contributed by atoms with Gasteiger partial charge < -0.3 is 15.2 Å². The molecule has 2 aromatic carbocycles. The van der Waals surface area contributed by atoms with Crippen LogP contribution in [0.2, 0.25) is 0 Å². The number of ether oxygens (including phenoxy) is 1. The van der Waals surface area contributed by atoms with Crippen molar-refractivity contribution in [3.05, 3.63) is 54.6 Å². The lowest BCUT2D eigenvalue weighted by Gasteiger charge is -2.15. The molecule has 0 radical (unpaired) electrons. The lowest BCUT2D eigenvalue weighted by Crippen LogP contribution is -2.36. The lowest BCUT2D eigenvalue weighted by molar-refractivity contribution is -0.127. The highest BCUT2D eigenvalue weighted by molar-refractivity contribution is 5.79. The van der Waals surface area contributed by atoms with Gasteiger partial charge in [-0.25, -0.2) is 0 Å². The van der Waals surface area contributed by atoms with Crippen LogP contribution in [-0.2, 0) is 4.79 Å². The maximum absolute atomic E-state index is 12.0. The van der Waals surface area contributed by atoms with Crippen LogP contribution in [0.5, 0.6) is 5.75 Å². The monoisotopic (exact) mass is 325 g/mol. The van der Waals surface area contributed by atoms with Crippen molar-refractivity contribution in [1.29, 1.82) is 0 Å². The zero-order chi connectivity index (χ0) is 16.8. The molecule has 0 heterocycles. The van der Waals surface area contributed by atoms with Gasteiger partial charge >= 0.3 is 0 Å². The van der Waals surface area contributed by atoms with Crippen LogP contribution in [0.3, 0.4) is 0 Å². The van der Waals surface area contributed by atoms with Crippen LogP contribution < -0.4 is 10.1 Å². The van der Waals surface area contributed by atoms with Crippen LogP contribution in [0.25, 0.3) is 11.1 Å². The van der Waals surface area contributed by atoms with E-state index in [2.05, 4.69) is 5.32 Å². The molecule has 0 spiro atoms. The second-order valence-corrected chi connectivity index (χ2v) is 6.11. The Bertz CT molecular complexity index is 672. The number of amides is 1. The molecule has 1 amide bonds. The molecule has 4 heteroatoms. The van der Waals surface area contributed by atoms with E-state index in [1.165, 1.54) is 0 Å². The molecule has 0 unspecified atom stereocenters. The van der Waals surface area contributed by atoms with Crippen molar-refractivity contribution in [2.24, 2.45) is 5.92 Å². The Morgan fingerprint density at radius 2 is 1.83 bits per heavy atom. The van der Waals surface area contributed by atoms with E-state index >= 15 is 0 Å². The molecule has 0 bridgehead atoms. The van der Waals surface area contributed by atoms with Gasteiger partial charge in [-0.05, 0) is 30.9 Å². The largest absolute Gasteiger partial charge is 0.491 e. The molecule has 0 aliphatic heterocycles. The molecule has 1 aliphatic rings. The van der Waals surface area contributed by atoms with Gasteiger partial charge in [-0.15, -0.1) is 0 Å². The molecule has 24 heavy (non-hydrogen) atoms. The van der Waals surface area contributed by atoms with Crippen LogP contribution >= 0.6 is 0 Å². The Kier molecular flexibility index (Phi) is 5.49. The van der Waals surface area contributed by atoms with E-state index < -0.39 is 6.10 Å². The summed E-state index contributed by atoms with van der Waals surface area (Å²) in [6, 6.07) is 18.0. The topological polar surface area (TPSA) is 58.6 Å². The molecular weight excluding hydrogens is 302 g/mol. The maximum Gasteiger partial charge on any atom is 0.225 e. The van der Waals surface area contributed by atoms with Crippen LogP contribution in [0, 0.1) is 5.92 Å². The van der Waals surface area contributed by atoms with Crippen molar-refractivity contribution in [1.82, 2.24) is 5.32 Å². The van der Waals surface area contributed by atoms with Gasteiger partial charge in [0.2, 0.25) is 5.91 Å². The zero-order valence-corrected chi connectivity index (χ0v) is 13.7. The predicted molar refractivity (Wildman–Crippen MR) is 93.7 cm³/mol. The Hall–Kier alpha value is -2.33. The summed E-state index contributed by atoms with van der Waals surface area (Å²) in [5.41, 5.74) is 2.14. The molecule has 2 aromatic rings. The van der Waals surface area contributed by atoms with Crippen molar-refractivity contribution in [2.45, 2.75) is 25.4 Å². The summed E-state index contributed by atoms with van der Waals surface area (Å²) in [4.78, 5) is 12.0. The minimum atomic E-state index is -0.496. The SMILES string of the molecule is O=C(NCCOc1ccccc1-c1ccccc1)[C@H]1CCC[C@@H]1O. The molecule has 1 aliphatic carbocycles. The summed E-state index contributed by atoms with van der Waals surface area (Å²) >= 11 is 0. The van der Waals surface area contributed by atoms with Gasteiger partial charge in [0.1, 0.15) is 12.4 Å². The summed E-state index contributed by atoms with van der Waals surface area (Å²) < 4.78 is 5.85. The number of para-hydroxylation sites is 1. The van der Waals surface area contributed by atoms with E-state index in [0.29, 0.717) is 13.2 Å². The van der Waals surface area contributed by atoms with Crippen molar-refractivity contribution in [3.8, 4) is 16.9 Å². The van der Waals surface area contributed by atoms with E-state index in [0.717, 1.165) is 36.1 Å². The zero-order valence-electron chi connectivity index (χ0n) is 13.7. The Labute approximate surface area is 142 Å². The standard InChI is InChI=1S/C20H23NO3/c22-18-11-6-10-17(18)20(23)21-13-14-24-19-12-5-4-9-16(19)15-7-2-1-3-8-15/h1-5,7-9,12,17-18,22H,6,10-11,13-14H2,(H,21,23)/t17-,18-/m0/s1. The first-order chi connectivity index (χ1) is 11.8. The van der Waals surface area contributed by atoms with Crippen LogP contribution in [0.15, 0.2) is 54.6 Å². The summed E-state index contributed by atoms with van der Waals surface area (Å²) in [6.45, 7) is 0.837. The van der Waals surface area contributed by atoms with Gasteiger partial charge in [0.25, 0.3) is 0 Å². The molecule has 126 valence electrons. The van der Waals surface area contributed by atoms with E-state index in [-0.39, 0.29) is 11.8 Å². The van der Waals surface area contributed by atoms with E-state index in [9.17, 15) is 9.90 Å². The first kappa shape index (κ1) is 16.5. The predicted octanol–water partition coefficient (Wildman–Crippen LogP) is 3.01. The van der Waals surface area contributed by atoms with Gasteiger partial charge in [-0.1, -0.05) is 48.5 Å². The van der Waals surface area contributed by atoms with Gasteiger partial charge in [-0.3, -0.25) is 4.79 Å². The third kappa shape index (κ3) is 3.95. The number of rotatable bonds is 6. The molecule has 3 rings (SSSR count). The van der Waals surface area contributed by atoms with Gasteiger partial charge in [0.05, 0.1) is 18.6 Å². The smallest absolute Gasteiger partial charge is 0.225 e. The first-order valence-electron chi connectivity index (χ1n) is 8.49. The fraction of sp³-hybridized carbons (Fsp3) is 0.350. The molecule has 1 fully saturated rings. The molecule has 0 aromatic heterocycles. The summed E-state index contributed by atoms with van der Waals surface area (Å²) in [5.74, 6) is 0.473. The number of hydrogen-bond donors (Lipinski definition) is 2. The van der Waals surface area contributed by atoms with Gasteiger partial charge in [0, 0.05) is 5.56 Å². The maximum atomic E-state index is 12.0. The van der Waals surface area contributed by atoms with E-state index in [1.54, 1.807) is 0 Å². The molecule has 2 N–H and O–H groups in total. The minimum absolute atomic E-state index is 0.0695. The Balaban J connectivity index is 1.53. The number of carbonyl (C=O) groups excluding carboxylic acids is 1. The fourth-order valence-corrected chi connectivity index (χ4v) is 3.16. The Morgan fingerprint density at radius 3 is 2.58 bits per heavy atom. The lowest BCUT2D eigenvalue weighted by atomic mass is 10.1. The van der Waals surface area contributed by atoms with Crippen molar-refractivity contribution in [2.75, 3.05) is 13.2 Å². The molecule has 0 saturated heterocycles. The average Bonchev–Trinajstić information content (AvgIpc) is 3.06. The van der Waals surface area contributed by atoms with E-state index in [4.69, 9.17) is 4.74 Å². The quantitative estimate of drug-likeness (QED) is 0.803. The highest BCUT2D eigenvalue weighted by Gasteiger charge is 2.31. The van der Waals surface area contributed by atoms with Crippen LogP contribution in [0.1, 0.15) is 19.3 Å². The summed E-state index contributed by atoms with van der Waals surface area (Å²) in [6.07, 6.45) is 1.91. The summed E-state index contributed by atoms with van der Waals surface area (Å²) in [5, 5.41) is 12.6. The van der Waals surface area contributed by atoms with Crippen molar-refractivity contribution >= 4 is 5.91 Å². The number of benzene rings is 2. The highest BCUT2D eigenvalue weighted by atomic mass is 16.5. The normalized spacial score (nSPS) is 19.9. The van der Waals surface area contributed by atoms with Gasteiger partial charge in [-0.2, -0.15) is 0 Å². The van der Waals surface area contributed by atoms with E-state index in [1.807, 2.05) is 54.6 Å². The minimum Gasteiger partial charge on any atom is -0.491 e. The van der Waals surface area contributed by atoms with Crippen molar-refractivity contribution < 1.29 is 14.6 Å². The van der Waals surface area contributed by atoms with Crippen molar-refractivity contribution in [3.63, 3.8) is 0 Å². The molecule has 4 nitrogen and oxygen atoms in total. The number of carbonyl (C=O) groups is 1. The van der Waals surface area contributed by atoms with Gasteiger partial charge in [0.15, 0.2) is 0 Å². The second kappa shape index (κ2) is 7.97. The first-order valence-corrected chi connectivity index (χ1v) is 8.49. The number of aliphatic hydroxyl groups is 1. The Morgan fingerprint density at radius 1 is 1.08 bits per heavy atom. The molecular formula is C20H23NO3. The number of hydrogen-bond acceptors (Lipinski definition) is 3. The fourth-order valence-electron chi connectivity index (χ4n) is 3.16. The van der Waals surface area contributed by atoms with Crippen LogP contribution in [-0.4, -0.2) is 30.3 Å². The number of nitrogens with one attached hydrogen (secondary N) is 1. The third-order valence-corrected chi connectivity index (χ3v) is 4.45. The number of aliphatic hydroxyl groups excluding tert-OH is 1.